The SMILES string of the molecule is [Fe].[c-]1cccc2ccccc12. The van der Waals surface area contributed by atoms with Gasteiger partial charge in [-0.2, -0.15) is 0 Å². The van der Waals surface area contributed by atoms with Crippen LogP contribution in [0.1, 0.15) is 0 Å². The number of benzene rings is 2. The normalized spacial score (nSPS) is 9.09. The van der Waals surface area contributed by atoms with Gasteiger partial charge in [-0.1, -0.05) is 12.1 Å². The summed E-state index contributed by atoms with van der Waals surface area (Å²) in [5.41, 5.74) is 0. The summed E-state index contributed by atoms with van der Waals surface area (Å²) in [5.74, 6) is 0. The minimum Gasteiger partial charge on any atom is -0.147 e. The van der Waals surface area contributed by atoms with Crippen molar-refractivity contribution in [3.8, 4) is 0 Å². The zero-order valence-corrected chi connectivity index (χ0v) is 7.00. The number of fused-ring (bicyclic) bond motifs is 1. The van der Waals surface area contributed by atoms with E-state index < -0.39 is 0 Å². The first-order chi connectivity index (χ1) is 4.97. The van der Waals surface area contributed by atoms with Gasteiger partial charge in [0.05, 0.1) is 0 Å². The standard InChI is InChI=1S/C10H7.Fe/c1-2-6-10-8-4-3-7-9(10)5-1;/h1-7H;/q-1;. The zero-order valence-electron chi connectivity index (χ0n) is 5.90. The molecule has 0 bridgehead atoms. The Morgan fingerprint density at radius 2 is 1.64 bits per heavy atom. The van der Waals surface area contributed by atoms with Crippen LogP contribution in [0.15, 0.2) is 42.5 Å². The third kappa shape index (κ3) is 1.62. The second-order valence-corrected chi connectivity index (χ2v) is 2.26. The van der Waals surface area contributed by atoms with E-state index in [4.69, 9.17) is 0 Å². The van der Waals surface area contributed by atoms with Crippen LogP contribution in [0.2, 0.25) is 0 Å². The summed E-state index contributed by atoms with van der Waals surface area (Å²) in [6.45, 7) is 0. The van der Waals surface area contributed by atoms with Gasteiger partial charge in [-0.05, 0) is 0 Å². The Bertz CT molecular complexity index is 276. The molecule has 11 heavy (non-hydrogen) atoms. The molecule has 0 N–H and O–H groups in total. The van der Waals surface area contributed by atoms with E-state index in [1.807, 2.05) is 24.3 Å². The van der Waals surface area contributed by atoms with E-state index in [0.29, 0.717) is 0 Å². The van der Waals surface area contributed by atoms with Crippen LogP contribution in [-0.4, -0.2) is 0 Å². The largest absolute Gasteiger partial charge is 0.147 e. The first kappa shape index (κ1) is 8.32. The van der Waals surface area contributed by atoms with Crippen LogP contribution >= 0.6 is 0 Å². The average molecular weight is 183 g/mol. The van der Waals surface area contributed by atoms with Crippen molar-refractivity contribution in [2.45, 2.75) is 0 Å². The average Bonchev–Trinajstić information content (AvgIpc) is 2.05. The number of rotatable bonds is 0. The van der Waals surface area contributed by atoms with Crippen molar-refractivity contribution in [1.82, 2.24) is 0 Å². The smallest absolute Gasteiger partial charge is 0 e. The Morgan fingerprint density at radius 3 is 2.45 bits per heavy atom. The van der Waals surface area contributed by atoms with Gasteiger partial charge < -0.3 is 0 Å². The molecule has 0 heterocycles. The van der Waals surface area contributed by atoms with E-state index in [0.717, 1.165) is 0 Å². The van der Waals surface area contributed by atoms with Gasteiger partial charge in [0.1, 0.15) is 0 Å². The van der Waals surface area contributed by atoms with Crippen molar-refractivity contribution in [3.63, 3.8) is 0 Å². The van der Waals surface area contributed by atoms with E-state index in [1.54, 1.807) is 0 Å². The summed E-state index contributed by atoms with van der Waals surface area (Å²) in [6.07, 6.45) is 0. The number of hydrogen-bond donors (Lipinski definition) is 0. The molecule has 56 valence electrons. The molecule has 2 rings (SSSR count). The summed E-state index contributed by atoms with van der Waals surface area (Å²) < 4.78 is 0. The second-order valence-electron chi connectivity index (χ2n) is 2.26. The van der Waals surface area contributed by atoms with Crippen molar-refractivity contribution < 1.29 is 17.1 Å². The summed E-state index contributed by atoms with van der Waals surface area (Å²) in [5, 5.41) is 2.44. The Hall–Kier alpha value is -0.781. The van der Waals surface area contributed by atoms with Crippen molar-refractivity contribution in [2.75, 3.05) is 0 Å². The van der Waals surface area contributed by atoms with Crippen molar-refractivity contribution in [2.24, 2.45) is 0 Å². The maximum Gasteiger partial charge on any atom is 0 e. The van der Waals surface area contributed by atoms with Gasteiger partial charge in [0.25, 0.3) is 0 Å². The van der Waals surface area contributed by atoms with Gasteiger partial charge in [-0.25, -0.2) is 0 Å². The fourth-order valence-electron chi connectivity index (χ4n) is 1.06. The van der Waals surface area contributed by atoms with Gasteiger partial charge >= 0.3 is 0 Å². The van der Waals surface area contributed by atoms with Crippen molar-refractivity contribution in [1.29, 1.82) is 0 Å². The molecule has 0 spiro atoms. The molecule has 2 aromatic carbocycles. The molecule has 1 heteroatoms. The molecule has 0 nitrogen and oxygen atoms in total. The number of hydrogen-bond acceptors (Lipinski definition) is 0. The Labute approximate surface area is 76.7 Å². The summed E-state index contributed by atoms with van der Waals surface area (Å²) >= 11 is 0. The van der Waals surface area contributed by atoms with Crippen LogP contribution in [0.5, 0.6) is 0 Å². The fraction of sp³-hybridized carbons (Fsp3) is 0. The van der Waals surface area contributed by atoms with Crippen molar-refractivity contribution >= 4 is 10.8 Å². The first-order valence-corrected chi connectivity index (χ1v) is 3.32. The van der Waals surface area contributed by atoms with Crippen LogP contribution < -0.4 is 0 Å². The summed E-state index contributed by atoms with van der Waals surface area (Å²) in [4.78, 5) is 0. The molecule has 2 aromatic rings. The molecule has 0 amide bonds. The molecule has 0 unspecified atom stereocenters. The molecule has 0 aliphatic rings. The third-order valence-electron chi connectivity index (χ3n) is 1.57. The topological polar surface area (TPSA) is 0 Å². The minimum absolute atomic E-state index is 0. The monoisotopic (exact) mass is 183 g/mol. The molecule has 0 aliphatic heterocycles. The van der Waals surface area contributed by atoms with E-state index in [9.17, 15) is 0 Å². The van der Waals surface area contributed by atoms with Gasteiger partial charge in [0.2, 0.25) is 0 Å². The molecule has 0 fully saturated rings. The van der Waals surface area contributed by atoms with E-state index >= 15 is 0 Å². The molecular weight excluding hydrogens is 176 g/mol. The van der Waals surface area contributed by atoms with Crippen LogP contribution in [0.4, 0.5) is 0 Å². The van der Waals surface area contributed by atoms with Crippen LogP contribution in [0.25, 0.3) is 10.8 Å². The maximum atomic E-state index is 3.15. The molecule has 0 saturated heterocycles. The predicted octanol–water partition coefficient (Wildman–Crippen LogP) is 2.64. The molecule has 0 aliphatic carbocycles. The second kappa shape index (κ2) is 3.56. The quantitative estimate of drug-likeness (QED) is 0.435. The third-order valence-corrected chi connectivity index (χ3v) is 1.57. The zero-order chi connectivity index (χ0) is 6.81. The van der Waals surface area contributed by atoms with Crippen LogP contribution in [-0.2, 0) is 17.1 Å². The Morgan fingerprint density at radius 1 is 0.909 bits per heavy atom. The predicted molar refractivity (Wildman–Crippen MR) is 42.8 cm³/mol. The van der Waals surface area contributed by atoms with Gasteiger partial charge in [-0.15, -0.1) is 47.2 Å². The van der Waals surface area contributed by atoms with Crippen LogP contribution in [0.3, 0.4) is 0 Å². The Kier molecular flexibility index (Phi) is 2.69. The van der Waals surface area contributed by atoms with Gasteiger partial charge in [0, 0.05) is 17.1 Å². The van der Waals surface area contributed by atoms with Gasteiger partial charge in [0.15, 0.2) is 0 Å². The van der Waals surface area contributed by atoms with E-state index in [1.165, 1.54) is 10.8 Å². The minimum atomic E-state index is 0. The summed E-state index contributed by atoms with van der Waals surface area (Å²) in [6, 6.07) is 17.4. The van der Waals surface area contributed by atoms with Crippen molar-refractivity contribution in [3.05, 3.63) is 48.5 Å². The fourth-order valence-corrected chi connectivity index (χ4v) is 1.06. The van der Waals surface area contributed by atoms with Gasteiger partial charge in [-0.3, -0.25) is 0 Å². The Balaban J connectivity index is 0.000000605. The maximum absolute atomic E-state index is 3.15. The summed E-state index contributed by atoms with van der Waals surface area (Å²) in [7, 11) is 0. The molecule has 0 atom stereocenters. The first-order valence-electron chi connectivity index (χ1n) is 3.32. The van der Waals surface area contributed by atoms with Crippen LogP contribution in [0, 0.1) is 6.07 Å². The molecule has 0 saturated carbocycles. The molecule has 0 aromatic heterocycles. The van der Waals surface area contributed by atoms with E-state index in [-0.39, 0.29) is 17.1 Å². The molecular formula is C10H7Fe-. The van der Waals surface area contributed by atoms with E-state index in [2.05, 4.69) is 24.3 Å². The molecule has 0 radical (unpaired) electrons.